The third-order valence-electron chi connectivity index (χ3n) is 2.71. The minimum absolute atomic E-state index is 0.129. The number of methoxy groups -OCH3 is 1. The van der Waals surface area contributed by atoms with Crippen LogP contribution in [0.1, 0.15) is 20.8 Å². The summed E-state index contributed by atoms with van der Waals surface area (Å²) in [5.74, 6) is 1.05. The van der Waals surface area contributed by atoms with Crippen molar-refractivity contribution in [3.05, 3.63) is 24.3 Å². The Morgan fingerprint density at radius 1 is 1.24 bits per heavy atom. The molecule has 0 fully saturated rings. The van der Waals surface area contributed by atoms with E-state index in [2.05, 4.69) is 24.5 Å². The second kappa shape index (κ2) is 6.13. The molecule has 0 aliphatic carbocycles. The minimum Gasteiger partial charge on any atom is -0.495 e. The number of hydrogen-bond donors (Lipinski definition) is 2. The fourth-order valence-electron chi connectivity index (χ4n) is 1.28. The van der Waals surface area contributed by atoms with Crippen LogP contribution in [-0.4, -0.2) is 19.2 Å². The molecule has 1 aromatic rings. The number of rotatable bonds is 4. The Morgan fingerprint density at radius 2 is 1.88 bits per heavy atom. The molecule has 2 amide bonds. The summed E-state index contributed by atoms with van der Waals surface area (Å²) in [5, 5.41) is 5.65. The highest BCUT2D eigenvalue weighted by atomic mass is 16.5. The molecule has 0 aliphatic rings. The van der Waals surface area contributed by atoms with Crippen LogP contribution in [0.25, 0.3) is 0 Å². The van der Waals surface area contributed by atoms with Crippen molar-refractivity contribution in [3.8, 4) is 5.75 Å². The van der Waals surface area contributed by atoms with E-state index in [1.807, 2.05) is 25.1 Å². The molecule has 0 saturated carbocycles. The van der Waals surface area contributed by atoms with Crippen LogP contribution >= 0.6 is 0 Å². The fourth-order valence-corrected chi connectivity index (χ4v) is 1.28. The predicted molar refractivity (Wildman–Crippen MR) is 69.4 cm³/mol. The highest BCUT2D eigenvalue weighted by Gasteiger charge is 2.11. The van der Waals surface area contributed by atoms with Crippen LogP contribution in [0.2, 0.25) is 0 Å². The van der Waals surface area contributed by atoms with Gasteiger partial charge < -0.3 is 15.4 Å². The SMILES string of the molecule is COc1ccccc1NC(=O)NC(C)C(C)C. The van der Waals surface area contributed by atoms with Gasteiger partial charge in [-0.3, -0.25) is 0 Å². The number of anilines is 1. The Hall–Kier alpha value is -1.71. The lowest BCUT2D eigenvalue weighted by Crippen LogP contribution is -2.39. The minimum atomic E-state index is -0.212. The second-order valence-electron chi connectivity index (χ2n) is 4.33. The van der Waals surface area contributed by atoms with Crippen molar-refractivity contribution in [2.45, 2.75) is 26.8 Å². The summed E-state index contributed by atoms with van der Waals surface area (Å²) < 4.78 is 5.16. The van der Waals surface area contributed by atoms with Crippen molar-refractivity contribution in [3.63, 3.8) is 0 Å². The van der Waals surface area contributed by atoms with E-state index in [0.29, 0.717) is 17.4 Å². The van der Waals surface area contributed by atoms with E-state index in [4.69, 9.17) is 4.74 Å². The molecule has 0 bridgehead atoms. The lowest BCUT2D eigenvalue weighted by molar-refractivity contribution is 0.246. The maximum atomic E-state index is 11.7. The average molecular weight is 236 g/mol. The van der Waals surface area contributed by atoms with Crippen molar-refractivity contribution >= 4 is 11.7 Å². The first kappa shape index (κ1) is 13.4. The highest BCUT2D eigenvalue weighted by molar-refractivity contribution is 5.91. The predicted octanol–water partition coefficient (Wildman–Crippen LogP) is 2.86. The number of para-hydroxylation sites is 2. The van der Waals surface area contributed by atoms with Gasteiger partial charge in [-0.25, -0.2) is 4.79 Å². The molecule has 94 valence electrons. The largest absolute Gasteiger partial charge is 0.495 e. The van der Waals surface area contributed by atoms with Gasteiger partial charge in [0.2, 0.25) is 0 Å². The molecule has 1 atom stereocenters. The zero-order valence-electron chi connectivity index (χ0n) is 10.8. The van der Waals surface area contributed by atoms with Gasteiger partial charge in [0.1, 0.15) is 5.75 Å². The molecule has 17 heavy (non-hydrogen) atoms. The van der Waals surface area contributed by atoms with E-state index >= 15 is 0 Å². The van der Waals surface area contributed by atoms with Gasteiger partial charge >= 0.3 is 6.03 Å². The van der Waals surface area contributed by atoms with E-state index < -0.39 is 0 Å². The van der Waals surface area contributed by atoms with E-state index in [0.717, 1.165) is 0 Å². The van der Waals surface area contributed by atoms with Crippen LogP contribution in [0.4, 0.5) is 10.5 Å². The number of urea groups is 1. The zero-order valence-corrected chi connectivity index (χ0v) is 10.8. The second-order valence-corrected chi connectivity index (χ2v) is 4.33. The number of benzene rings is 1. The van der Waals surface area contributed by atoms with Crippen molar-refractivity contribution < 1.29 is 9.53 Å². The molecule has 2 N–H and O–H groups in total. The Bertz CT molecular complexity index is 377. The van der Waals surface area contributed by atoms with E-state index in [1.54, 1.807) is 13.2 Å². The average Bonchev–Trinajstić information content (AvgIpc) is 2.29. The number of hydrogen-bond acceptors (Lipinski definition) is 2. The summed E-state index contributed by atoms with van der Waals surface area (Å²) in [7, 11) is 1.58. The molecule has 0 saturated heterocycles. The van der Waals surface area contributed by atoms with Crippen molar-refractivity contribution in [2.75, 3.05) is 12.4 Å². The molecule has 0 aromatic heterocycles. The zero-order chi connectivity index (χ0) is 12.8. The number of amides is 2. The van der Waals surface area contributed by atoms with Crippen LogP contribution in [0.5, 0.6) is 5.75 Å². The van der Waals surface area contributed by atoms with Crippen LogP contribution in [0.15, 0.2) is 24.3 Å². The van der Waals surface area contributed by atoms with Crippen molar-refractivity contribution in [1.82, 2.24) is 5.32 Å². The van der Waals surface area contributed by atoms with Gasteiger partial charge in [-0.15, -0.1) is 0 Å². The van der Waals surface area contributed by atoms with Gasteiger partial charge in [0, 0.05) is 6.04 Å². The Balaban J connectivity index is 2.62. The summed E-state index contributed by atoms with van der Waals surface area (Å²) in [6.07, 6.45) is 0. The molecule has 1 aromatic carbocycles. The third kappa shape index (κ3) is 3.98. The summed E-state index contributed by atoms with van der Waals surface area (Å²) in [5.41, 5.74) is 0.670. The molecule has 1 unspecified atom stereocenters. The topological polar surface area (TPSA) is 50.4 Å². The van der Waals surface area contributed by atoms with Gasteiger partial charge in [-0.1, -0.05) is 26.0 Å². The van der Waals surface area contributed by atoms with E-state index in [1.165, 1.54) is 0 Å². The van der Waals surface area contributed by atoms with Crippen LogP contribution in [0.3, 0.4) is 0 Å². The Labute approximate surface area is 102 Å². The molecule has 0 radical (unpaired) electrons. The number of ether oxygens (including phenoxy) is 1. The monoisotopic (exact) mass is 236 g/mol. The van der Waals surface area contributed by atoms with Crippen molar-refractivity contribution in [1.29, 1.82) is 0 Å². The Kier molecular flexibility index (Phi) is 4.82. The van der Waals surface area contributed by atoms with Crippen LogP contribution < -0.4 is 15.4 Å². The first-order valence-corrected chi connectivity index (χ1v) is 5.75. The smallest absolute Gasteiger partial charge is 0.319 e. The first-order valence-electron chi connectivity index (χ1n) is 5.75. The van der Waals surface area contributed by atoms with Crippen molar-refractivity contribution in [2.24, 2.45) is 5.92 Å². The standard InChI is InChI=1S/C13H20N2O2/c1-9(2)10(3)14-13(16)15-11-7-5-6-8-12(11)17-4/h5-10H,1-4H3,(H2,14,15,16). The van der Waals surface area contributed by atoms with Crippen LogP contribution in [-0.2, 0) is 0 Å². The molecule has 4 nitrogen and oxygen atoms in total. The molecular weight excluding hydrogens is 216 g/mol. The maximum Gasteiger partial charge on any atom is 0.319 e. The molecule has 0 aliphatic heterocycles. The van der Waals surface area contributed by atoms with Gasteiger partial charge in [0.05, 0.1) is 12.8 Å². The van der Waals surface area contributed by atoms with E-state index in [-0.39, 0.29) is 12.1 Å². The molecule has 1 rings (SSSR count). The number of carbonyl (C=O) groups is 1. The van der Waals surface area contributed by atoms with Gasteiger partial charge in [-0.05, 0) is 25.0 Å². The van der Waals surface area contributed by atoms with Gasteiger partial charge in [-0.2, -0.15) is 0 Å². The Morgan fingerprint density at radius 3 is 2.47 bits per heavy atom. The van der Waals surface area contributed by atoms with E-state index in [9.17, 15) is 4.79 Å². The lowest BCUT2D eigenvalue weighted by atomic mass is 10.1. The molecule has 0 heterocycles. The normalized spacial score (nSPS) is 12.1. The molecule has 0 spiro atoms. The maximum absolute atomic E-state index is 11.7. The lowest BCUT2D eigenvalue weighted by Gasteiger charge is -2.18. The fraction of sp³-hybridized carbons (Fsp3) is 0.462. The van der Waals surface area contributed by atoms with Gasteiger partial charge in [0.15, 0.2) is 0 Å². The molecule has 4 heteroatoms. The third-order valence-corrected chi connectivity index (χ3v) is 2.71. The summed E-state index contributed by atoms with van der Waals surface area (Å²) in [6.45, 7) is 6.11. The highest BCUT2D eigenvalue weighted by Crippen LogP contribution is 2.22. The summed E-state index contributed by atoms with van der Waals surface area (Å²) in [4.78, 5) is 11.7. The van der Waals surface area contributed by atoms with Crippen LogP contribution in [0, 0.1) is 5.92 Å². The number of carbonyl (C=O) groups excluding carboxylic acids is 1. The van der Waals surface area contributed by atoms with Gasteiger partial charge in [0.25, 0.3) is 0 Å². The first-order chi connectivity index (χ1) is 8.04. The number of nitrogens with one attached hydrogen (secondary N) is 2. The summed E-state index contributed by atoms with van der Waals surface area (Å²) in [6, 6.07) is 7.24. The quantitative estimate of drug-likeness (QED) is 0.844. The molecular formula is C13H20N2O2. The summed E-state index contributed by atoms with van der Waals surface area (Å²) >= 11 is 0.